The van der Waals surface area contributed by atoms with Crippen molar-refractivity contribution in [2.24, 2.45) is 11.8 Å². The monoisotopic (exact) mass is 381 g/mol. The summed E-state index contributed by atoms with van der Waals surface area (Å²) in [6, 6.07) is -0.364. The Kier molecular flexibility index (Phi) is 4.97. The highest BCUT2D eigenvalue weighted by Gasteiger charge is 2.50. The molecule has 12 heteroatoms. The molecule has 1 aliphatic carbocycles. The Labute approximate surface area is 145 Å². The van der Waals surface area contributed by atoms with E-state index in [4.69, 9.17) is 9.84 Å². The predicted molar refractivity (Wildman–Crippen MR) is 76.3 cm³/mol. The summed E-state index contributed by atoms with van der Waals surface area (Å²) in [4.78, 5) is 34.6. The molecule has 3 fully saturated rings. The quantitative estimate of drug-likeness (QED) is 0.518. The van der Waals surface area contributed by atoms with Gasteiger partial charge in [0.1, 0.15) is 0 Å². The van der Waals surface area contributed by atoms with E-state index in [0.717, 1.165) is 0 Å². The molecule has 0 aromatic carbocycles. The lowest BCUT2D eigenvalue weighted by Crippen LogP contribution is -2.52. The molecule has 0 radical (unpaired) electrons. The lowest BCUT2D eigenvalue weighted by Gasteiger charge is -2.34. The third-order valence-corrected chi connectivity index (χ3v) is 4.94. The minimum Gasteiger partial charge on any atom is -0.465 e. The second-order valence-corrected chi connectivity index (χ2v) is 6.68. The first-order valence-electron chi connectivity index (χ1n) is 8.11. The van der Waals surface area contributed by atoms with Crippen molar-refractivity contribution in [1.82, 2.24) is 16.2 Å². The Balaban J connectivity index is 1.37. The smallest absolute Gasteiger partial charge is 0.465 e. The van der Waals surface area contributed by atoms with Crippen LogP contribution in [0.3, 0.4) is 0 Å². The van der Waals surface area contributed by atoms with Gasteiger partial charge in [-0.3, -0.25) is 25.2 Å². The van der Waals surface area contributed by atoms with Crippen LogP contribution in [-0.4, -0.2) is 53.7 Å². The number of hydrogen-bond donors (Lipinski definition) is 4. The molecule has 3 amide bonds. The van der Waals surface area contributed by atoms with E-state index in [1.165, 1.54) is 0 Å². The van der Waals surface area contributed by atoms with E-state index in [-0.39, 0.29) is 18.9 Å². The number of alkyl halides is 3. The zero-order valence-electron chi connectivity index (χ0n) is 13.4. The standard InChI is InChI=1S/C14H18F3N3O6/c15-14(16,17)26-6-1-5(2-6)11(21)19-20-12(22)7-3-10-8(18-13(23)24)4-9(7)25-10/h5-10,18H,1-4H2,(H,19,21)(H,20,22)(H,23,24)/t5?,6?,7-,8-,9+,10+/m0/s1. The lowest BCUT2D eigenvalue weighted by molar-refractivity contribution is -0.353. The molecule has 0 aromatic heterocycles. The van der Waals surface area contributed by atoms with Gasteiger partial charge in [-0.05, 0) is 25.7 Å². The van der Waals surface area contributed by atoms with Crippen LogP contribution in [0.2, 0.25) is 0 Å². The Bertz CT molecular complexity index is 595. The highest BCUT2D eigenvalue weighted by atomic mass is 19.4. The molecular formula is C14H18F3N3O6. The Hall–Kier alpha value is -2.08. The maximum absolute atomic E-state index is 12.1. The molecule has 1 saturated carbocycles. The van der Waals surface area contributed by atoms with E-state index in [1.54, 1.807) is 0 Å². The Morgan fingerprint density at radius 3 is 2.19 bits per heavy atom. The molecule has 3 aliphatic rings. The molecule has 4 N–H and O–H groups in total. The molecule has 2 heterocycles. The van der Waals surface area contributed by atoms with Crippen molar-refractivity contribution in [1.29, 1.82) is 0 Å². The van der Waals surface area contributed by atoms with E-state index < -0.39 is 54.4 Å². The first-order valence-corrected chi connectivity index (χ1v) is 8.11. The first kappa shape index (κ1) is 18.7. The number of rotatable bonds is 4. The summed E-state index contributed by atoms with van der Waals surface area (Å²) in [7, 11) is 0. The number of hydrogen-bond acceptors (Lipinski definition) is 5. The SMILES string of the molecule is O=C(O)N[C@H]1C[C@H]2O[C@@H]1C[C@@H]2C(=O)NNC(=O)C1CC(OC(F)(F)F)C1. The molecule has 9 nitrogen and oxygen atoms in total. The number of carbonyl (C=O) groups excluding carboxylic acids is 2. The number of nitrogens with one attached hydrogen (secondary N) is 3. The summed E-state index contributed by atoms with van der Waals surface area (Å²) in [5, 5.41) is 11.1. The van der Waals surface area contributed by atoms with Gasteiger partial charge in [-0.25, -0.2) is 4.79 Å². The number of fused-ring (bicyclic) bond motifs is 2. The van der Waals surface area contributed by atoms with Crippen molar-refractivity contribution in [3.63, 3.8) is 0 Å². The summed E-state index contributed by atoms with van der Waals surface area (Å²) < 4.78 is 45.4. The van der Waals surface area contributed by atoms with Gasteiger partial charge >= 0.3 is 12.5 Å². The van der Waals surface area contributed by atoms with Crippen LogP contribution in [0, 0.1) is 11.8 Å². The Morgan fingerprint density at radius 1 is 1.00 bits per heavy atom. The van der Waals surface area contributed by atoms with Crippen LogP contribution in [0.5, 0.6) is 0 Å². The minimum atomic E-state index is -4.73. The molecular weight excluding hydrogens is 363 g/mol. The average Bonchev–Trinajstić information content (AvgIpc) is 3.06. The van der Waals surface area contributed by atoms with Crippen LogP contribution >= 0.6 is 0 Å². The fourth-order valence-corrected chi connectivity index (χ4v) is 3.63. The molecule has 4 atom stereocenters. The molecule has 3 rings (SSSR count). The van der Waals surface area contributed by atoms with E-state index in [2.05, 4.69) is 20.9 Å². The van der Waals surface area contributed by atoms with Crippen molar-refractivity contribution >= 4 is 17.9 Å². The molecule has 2 aliphatic heterocycles. The van der Waals surface area contributed by atoms with Crippen LogP contribution in [0.1, 0.15) is 25.7 Å². The molecule has 146 valence electrons. The van der Waals surface area contributed by atoms with Crippen molar-refractivity contribution in [3.8, 4) is 0 Å². The lowest BCUT2D eigenvalue weighted by atomic mass is 9.82. The molecule has 2 bridgehead atoms. The molecule has 2 saturated heterocycles. The number of ether oxygens (including phenoxy) is 2. The number of hydrazine groups is 1. The molecule has 0 spiro atoms. The van der Waals surface area contributed by atoms with E-state index in [9.17, 15) is 27.6 Å². The first-order chi connectivity index (χ1) is 12.1. The fourth-order valence-electron chi connectivity index (χ4n) is 3.63. The van der Waals surface area contributed by atoms with Gasteiger partial charge < -0.3 is 15.2 Å². The summed E-state index contributed by atoms with van der Waals surface area (Å²) in [5.74, 6) is -2.21. The van der Waals surface area contributed by atoms with Gasteiger partial charge in [-0.1, -0.05) is 0 Å². The topological polar surface area (TPSA) is 126 Å². The predicted octanol–water partition coefficient (Wildman–Crippen LogP) is 0.262. The second-order valence-electron chi connectivity index (χ2n) is 6.68. The van der Waals surface area contributed by atoms with Gasteiger partial charge in [0, 0.05) is 5.92 Å². The van der Waals surface area contributed by atoms with Gasteiger partial charge in [0.2, 0.25) is 11.8 Å². The van der Waals surface area contributed by atoms with Gasteiger partial charge in [-0.2, -0.15) is 0 Å². The third kappa shape index (κ3) is 4.18. The largest absolute Gasteiger partial charge is 0.522 e. The van der Waals surface area contributed by atoms with E-state index in [0.29, 0.717) is 12.8 Å². The van der Waals surface area contributed by atoms with E-state index >= 15 is 0 Å². The van der Waals surface area contributed by atoms with E-state index in [1.807, 2.05) is 0 Å². The second kappa shape index (κ2) is 6.91. The zero-order chi connectivity index (χ0) is 19.1. The highest BCUT2D eigenvalue weighted by Crippen LogP contribution is 2.39. The molecule has 0 unspecified atom stereocenters. The molecule has 0 aromatic rings. The number of halogens is 3. The number of carboxylic acid groups (broad SMARTS) is 1. The van der Waals surface area contributed by atoms with Crippen molar-refractivity contribution < 1.29 is 42.1 Å². The van der Waals surface area contributed by atoms with Gasteiger partial charge in [0.15, 0.2) is 0 Å². The van der Waals surface area contributed by atoms with Crippen molar-refractivity contribution in [3.05, 3.63) is 0 Å². The van der Waals surface area contributed by atoms with Crippen molar-refractivity contribution in [2.75, 3.05) is 0 Å². The molecule has 26 heavy (non-hydrogen) atoms. The fraction of sp³-hybridized carbons (Fsp3) is 0.786. The van der Waals surface area contributed by atoms with Crippen LogP contribution in [0.25, 0.3) is 0 Å². The van der Waals surface area contributed by atoms with Gasteiger partial charge in [-0.15, -0.1) is 13.2 Å². The summed E-state index contributed by atoms with van der Waals surface area (Å²) in [6.45, 7) is 0. The van der Waals surface area contributed by atoms with Crippen LogP contribution in [-0.2, 0) is 19.1 Å². The van der Waals surface area contributed by atoms with Gasteiger partial charge in [0.25, 0.3) is 0 Å². The van der Waals surface area contributed by atoms with Crippen LogP contribution in [0.4, 0.5) is 18.0 Å². The summed E-state index contributed by atoms with van der Waals surface area (Å²) >= 11 is 0. The van der Waals surface area contributed by atoms with Gasteiger partial charge in [0.05, 0.1) is 30.3 Å². The Morgan fingerprint density at radius 2 is 1.65 bits per heavy atom. The normalized spacial score (nSPS) is 35.5. The number of carbonyl (C=O) groups is 3. The van der Waals surface area contributed by atoms with Crippen molar-refractivity contribution in [2.45, 2.75) is 56.4 Å². The maximum Gasteiger partial charge on any atom is 0.522 e. The average molecular weight is 381 g/mol. The maximum atomic E-state index is 12.1. The summed E-state index contributed by atoms with van der Waals surface area (Å²) in [6.07, 6.45) is -7.22. The van der Waals surface area contributed by atoms with Crippen LogP contribution in [0.15, 0.2) is 0 Å². The third-order valence-electron chi connectivity index (χ3n) is 4.94. The summed E-state index contributed by atoms with van der Waals surface area (Å²) in [5.41, 5.74) is 4.47. The highest BCUT2D eigenvalue weighted by molar-refractivity contribution is 5.85. The number of amides is 3. The zero-order valence-corrected chi connectivity index (χ0v) is 13.4. The van der Waals surface area contributed by atoms with Crippen LogP contribution < -0.4 is 16.2 Å². The minimum absolute atomic E-state index is 0.0685.